The summed E-state index contributed by atoms with van der Waals surface area (Å²) in [5.41, 5.74) is 1.50. The summed E-state index contributed by atoms with van der Waals surface area (Å²) in [5.74, 6) is -1.48. The predicted octanol–water partition coefficient (Wildman–Crippen LogP) is 7.82. The molecule has 0 aliphatic carbocycles. The van der Waals surface area contributed by atoms with Gasteiger partial charge in [0.2, 0.25) is 10.0 Å². The van der Waals surface area contributed by atoms with Crippen molar-refractivity contribution in [1.82, 2.24) is 13.9 Å². The summed E-state index contributed by atoms with van der Waals surface area (Å²) in [5, 5.41) is 0.473. The van der Waals surface area contributed by atoms with Gasteiger partial charge < -0.3 is 9.22 Å². The van der Waals surface area contributed by atoms with Gasteiger partial charge in [-0.1, -0.05) is 43.3 Å². The average Bonchev–Trinajstić information content (AvgIpc) is 3.49. The first-order chi connectivity index (χ1) is 22.6. The number of hydrogen-bond acceptors (Lipinski definition) is 5. The summed E-state index contributed by atoms with van der Waals surface area (Å²) in [6, 6.07) is 13.3. The Morgan fingerprint density at radius 2 is 1.69 bits per heavy atom. The molecule has 0 unspecified atom stereocenters. The van der Waals surface area contributed by atoms with Crippen molar-refractivity contribution < 1.29 is 30.8 Å². The van der Waals surface area contributed by atoms with Crippen LogP contribution in [0.5, 0.6) is 5.75 Å². The van der Waals surface area contributed by atoms with Gasteiger partial charge in [-0.15, -0.1) is 0 Å². The fraction of sp³-hybridized carbons (Fsp3) is 0.400. The Bertz CT molecular complexity index is 1870. The molecule has 4 aromatic rings. The third kappa shape index (κ3) is 7.14. The first-order valence-electron chi connectivity index (χ1n) is 15.7. The SMILES string of the molecule is CC[N+](C)(C)C1CCN(S(=O)(=O)c2cc(F)c(CSc3ncc(C(C)(C)c4ccc(F)c(OC)c4)n3-c3ccc(F)cc3)c(Cl)c2)CC1. The molecule has 0 radical (unpaired) electrons. The Balaban J connectivity index is 1.43. The number of quaternary nitrogens is 1. The highest BCUT2D eigenvalue weighted by molar-refractivity contribution is 7.98. The van der Waals surface area contributed by atoms with Gasteiger partial charge in [0.25, 0.3) is 0 Å². The van der Waals surface area contributed by atoms with E-state index in [2.05, 4.69) is 26.0 Å². The van der Waals surface area contributed by atoms with Crippen LogP contribution in [0.2, 0.25) is 5.02 Å². The van der Waals surface area contributed by atoms with Gasteiger partial charge in [-0.2, -0.15) is 4.31 Å². The van der Waals surface area contributed by atoms with Gasteiger partial charge >= 0.3 is 0 Å². The van der Waals surface area contributed by atoms with Crippen molar-refractivity contribution in [3.05, 3.63) is 100 Å². The van der Waals surface area contributed by atoms with Gasteiger partial charge in [-0.3, -0.25) is 4.57 Å². The molecule has 0 amide bonds. The lowest BCUT2D eigenvalue weighted by Gasteiger charge is -2.41. The van der Waals surface area contributed by atoms with Gasteiger partial charge in [0.05, 0.1) is 50.6 Å². The van der Waals surface area contributed by atoms with E-state index in [1.165, 1.54) is 47.4 Å². The smallest absolute Gasteiger partial charge is 0.243 e. The van der Waals surface area contributed by atoms with E-state index in [1.54, 1.807) is 30.5 Å². The topological polar surface area (TPSA) is 64.4 Å². The van der Waals surface area contributed by atoms with Crippen molar-refractivity contribution in [3.8, 4) is 11.4 Å². The maximum absolute atomic E-state index is 15.7. The molecule has 258 valence electrons. The normalized spacial score (nSPS) is 15.2. The lowest BCUT2D eigenvalue weighted by atomic mass is 9.81. The molecular weight excluding hydrogens is 681 g/mol. The number of ether oxygens (including phenoxy) is 1. The van der Waals surface area contributed by atoms with Crippen LogP contribution in [0.1, 0.15) is 50.4 Å². The average molecular weight is 722 g/mol. The van der Waals surface area contributed by atoms with Gasteiger partial charge in [-0.05, 0) is 61.0 Å². The second kappa shape index (κ2) is 14.1. The summed E-state index contributed by atoms with van der Waals surface area (Å²) in [6.45, 7) is 7.70. The number of methoxy groups -OCH3 is 1. The minimum atomic E-state index is -3.94. The van der Waals surface area contributed by atoms with E-state index in [-0.39, 0.29) is 27.0 Å². The molecule has 5 rings (SSSR count). The number of rotatable bonds is 11. The molecule has 0 spiro atoms. The van der Waals surface area contributed by atoms with Crippen LogP contribution >= 0.6 is 23.4 Å². The van der Waals surface area contributed by atoms with E-state index in [0.29, 0.717) is 35.7 Å². The van der Waals surface area contributed by atoms with Gasteiger partial charge in [-0.25, -0.2) is 26.6 Å². The maximum Gasteiger partial charge on any atom is 0.243 e. The van der Waals surface area contributed by atoms with Crippen LogP contribution in [0.25, 0.3) is 5.69 Å². The highest BCUT2D eigenvalue weighted by atomic mass is 35.5. The van der Waals surface area contributed by atoms with Crippen molar-refractivity contribution in [2.45, 2.75) is 60.9 Å². The van der Waals surface area contributed by atoms with Gasteiger partial charge in [0.15, 0.2) is 16.7 Å². The van der Waals surface area contributed by atoms with Crippen molar-refractivity contribution in [2.75, 3.05) is 40.8 Å². The second-order valence-corrected chi connectivity index (χ2v) is 16.4. The minimum Gasteiger partial charge on any atom is -0.494 e. The van der Waals surface area contributed by atoms with Crippen LogP contribution in [-0.4, -0.2) is 73.6 Å². The number of halogens is 4. The third-order valence-electron chi connectivity index (χ3n) is 9.65. The molecule has 0 bridgehead atoms. The monoisotopic (exact) mass is 721 g/mol. The van der Waals surface area contributed by atoms with Crippen LogP contribution in [0.4, 0.5) is 13.2 Å². The summed E-state index contributed by atoms with van der Waals surface area (Å²) in [6.07, 6.45) is 3.12. The van der Waals surface area contributed by atoms with E-state index in [4.69, 9.17) is 16.3 Å². The first-order valence-corrected chi connectivity index (χ1v) is 18.5. The van der Waals surface area contributed by atoms with Crippen LogP contribution in [0, 0.1) is 17.5 Å². The van der Waals surface area contributed by atoms with Crippen LogP contribution < -0.4 is 4.74 Å². The Labute approximate surface area is 290 Å². The number of piperidine rings is 1. The Morgan fingerprint density at radius 3 is 2.29 bits per heavy atom. The molecular formula is C35H41ClF3N4O3S2+. The minimum absolute atomic E-state index is 0.00130. The largest absolute Gasteiger partial charge is 0.494 e. The molecule has 0 saturated carbocycles. The zero-order valence-electron chi connectivity index (χ0n) is 27.9. The lowest BCUT2D eigenvalue weighted by Crippen LogP contribution is -2.54. The molecule has 1 aliphatic rings. The highest BCUT2D eigenvalue weighted by Gasteiger charge is 2.36. The molecule has 0 N–H and O–H groups in total. The Morgan fingerprint density at radius 1 is 1.02 bits per heavy atom. The molecule has 13 heteroatoms. The summed E-state index contributed by atoms with van der Waals surface area (Å²) in [7, 11) is 1.75. The standard InChI is InChI=1S/C35H41ClF3N4O3S2/c1-7-43(4,5)26-14-16-41(17-15-26)48(44,45)27-19-29(36)28(31(39)20-27)22-47-34-40-21-33(42(34)25-11-9-24(37)10-12-25)35(2,3)23-8-13-30(38)32(18-23)46-6/h8-13,18-21,26H,7,14-17,22H2,1-6H3/q+1. The van der Waals surface area contributed by atoms with Crippen molar-refractivity contribution in [1.29, 1.82) is 0 Å². The quantitative estimate of drug-likeness (QED) is 0.117. The maximum atomic E-state index is 15.7. The fourth-order valence-electron chi connectivity index (χ4n) is 6.11. The van der Waals surface area contributed by atoms with E-state index >= 15 is 4.39 Å². The summed E-state index contributed by atoms with van der Waals surface area (Å²) >= 11 is 7.77. The van der Waals surface area contributed by atoms with E-state index in [9.17, 15) is 17.2 Å². The highest BCUT2D eigenvalue weighted by Crippen LogP contribution is 2.39. The van der Waals surface area contributed by atoms with Crippen molar-refractivity contribution in [3.63, 3.8) is 0 Å². The lowest BCUT2D eigenvalue weighted by molar-refractivity contribution is -0.914. The van der Waals surface area contributed by atoms with Crippen LogP contribution in [-0.2, 0) is 21.2 Å². The van der Waals surface area contributed by atoms with Gasteiger partial charge in [0, 0.05) is 53.4 Å². The Kier molecular flexibility index (Phi) is 10.6. The molecule has 1 fully saturated rings. The summed E-state index contributed by atoms with van der Waals surface area (Å²) in [4.78, 5) is 4.47. The molecule has 2 heterocycles. The zero-order chi connectivity index (χ0) is 35.0. The molecule has 7 nitrogen and oxygen atoms in total. The van der Waals surface area contributed by atoms with E-state index in [1.807, 2.05) is 18.4 Å². The van der Waals surface area contributed by atoms with Crippen molar-refractivity contribution >= 4 is 33.4 Å². The van der Waals surface area contributed by atoms with Crippen LogP contribution in [0.3, 0.4) is 0 Å². The second-order valence-electron chi connectivity index (χ2n) is 13.1. The number of aromatic nitrogens is 2. The third-order valence-corrected chi connectivity index (χ3v) is 12.8. The van der Waals surface area contributed by atoms with E-state index in [0.717, 1.165) is 35.5 Å². The van der Waals surface area contributed by atoms with Crippen molar-refractivity contribution in [2.24, 2.45) is 0 Å². The number of hydrogen-bond donors (Lipinski definition) is 0. The van der Waals surface area contributed by atoms with E-state index < -0.39 is 32.9 Å². The number of nitrogens with zero attached hydrogens (tertiary/aromatic N) is 4. The molecule has 3 aromatic carbocycles. The van der Waals surface area contributed by atoms with Gasteiger partial charge in [0.1, 0.15) is 11.6 Å². The summed E-state index contributed by atoms with van der Waals surface area (Å²) < 4.78 is 80.2. The molecule has 1 aliphatic heterocycles. The molecule has 1 saturated heterocycles. The number of sulfonamides is 1. The molecule has 48 heavy (non-hydrogen) atoms. The predicted molar refractivity (Wildman–Crippen MR) is 184 cm³/mol. The number of benzene rings is 3. The number of imidazole rings is 1. The zero-order valence-corrected chi connectivity index (χ0v) is 30.3. The number of thioether (sulfide) groups is 1. The Hall–Kier alpha value is -3.03. The first kappa shape index (κ1) is 36.3. The fourth-order valence-corrected chi connectivity index (χ4v) is 9.06. The molecule has 0 atom stereocenters. The van der Waals surface area contributed by atoms with Crippen LogP contribution in [0.15, 0.2) is 70.8 Å². The molecule has 1 aromatic heterocycles.